The second-order valence-corrected chi connectivity index (χ2v) is 5.26. The van der Waals surface area contributed by atoms with E-state index in [1.807, 2.05) is 12.1 Å². The molecule has 1 aromatic carbocycles. The summed E-state index contributed by atoms with van der Waals surface area (Å²) in [6.45, 7) is 11.2. The lowest BCUT2D eigenvalue weighted by atomic mass is 10.2. The van der Waals surface area contributed by atoms with Crippen LogP contribution in [-0.4, -0.2) is 13.2 Å². The molecule has 0 amide bonds. The Morgan fingerprint density at radius 1 is 1.22 bits per heavy atom. The first-order valence-corrected chi connectivity index (χ1v) is 6.63. The molecule has 0 fully saturated rings. The Balaban J connectivity index is 2.35. The molecular weight excluding hydrogens is 222 g/mol. The van der Waals surface area contributed by atoms with Crippen LogP contribution in [-0.2, 0) is 6.54 Å². The third-order valence-corrected chi connectivity index (χ3v) is 2.55. The van der Waals surface area contributed by atoms with E-state index in [4.69, 9.17) is 4.74 Å². The van der Waals surface area contributed by atoms with Crippen molar-refractivity contribution in [1.82, 2.24) is 5.32 Å². The normalized spacial score (nSPS) is 10.5. The number of allylic oxidation sites excluding steroid dienone is 1. The Labute approximate surface area is 111 Å². The van der Waals surface area contributed by atoms with Crippen LogP contribution < -0.4 is 10.1 Å². The summed E-state index contributed by atoms with van der Waals surface area (Å²) < 4.78 is 5.62. The van der Waals surface area contributed by atoms with Crippen LogP contribution in [0.1, 0.15) is 33.3 Å². The lowest BCUT2D eigenvalue weighted by Gasteiger charge is -2.08. The van der Waals surface area contributed by atoms with Crippen molar-refractivity contribution in [3.05, 3.63) is 41.5 Å². The van der Waals surface area contributed by atoms with Crippen molar-refractivity contribution in [2.45, 2.75) is 34.2 Å². The van der Waals surface area contributed by atoms with Crippen molar-refractivity contribution in [2.75, 3.05) is 13.2 Å². The Morgan fingerprint density at radius 2 is 1.89 bits per heavy atom. The second-order valence-electron chi connectivity index (χ2n) is 5.26. The number of hydrogen-bond acceptors (Lipinski definition) is 2. The summed E-state index contributed by atoms with van der Waals surface area (Å²) in [5, 5.41) is 3.43. The summed E-state index contributed by atoms with van der Waals surface area (Å²) >= 11 is 0. The zero-order valence-corrected chi connectivity index (χ0v) is 12.0. The molecule has 0 aromatic heterocycles. The predicted molar refractivity (Wildman–Crippen MR) is 77.9 cm³/mol. The van der Waals surface area contributed by atoms with E-state index in [0.717, 1.165) is 18.8 Å². The van der Waals surface area contributed by atoms with E-state index in [1.54, 1.807) is 0 Å². The molecule has 2 heteroatoms. The predicted octanol–water partition coefficient (Wildman–Crippen LogP) is 3.78. The van der Waals surface area contributed by atoms with Gasteiger partial charge in [0.2, 0.25) is 0 Å². The van der Waals surface area contributed by atoms with Crippen LogP contribution in [0.25, 0.3) is 0 Å². The molecule has 100 valence electrons. The van der Waals surface area contributed by atoms with E-state index >= 15 is 0 Å². The van der Waals surface area contributed by atoms with Gasteiger partial charge in [-0.3, -0.25) is 0 Å². The lowest BCUT2D eigenvalue weighted by Crippen LogP contribution is -2.18. The quantitative estimate of drug-likeness (QED) is 0.740. The summed E-state index contributed by atoms with van der Waals surface area (Å²) in [5.74, 6) is 1.62. The molecule has 0 aliphatic carbocycles. The Bertz CT molecular complexity index is 361. The zero-order chi connectivity index (χ0) is 13.4. The van der Waals surface area contributed by atoms with Crippen LogP contribution in [0.3, 0.4) is 0 Å². The van der Waals surface area contributed by atoms with E-state index in [2.05, 4.69) is 51.2 Å². The van der Waals surface area contributed by atoms with Gasteiger partial charge in [0.05, 0.1) is 0 Å². The van der Waals surface area contributed by atoms with Crippen molar-refractivity contribution in [2.24, 2.45) is 5.92 Å². The molecule has 2 nitrogen and oxygen atoms in total. The van der Waals surface area contributed by atoms with Crippen molar-refractivity contribution < 1.29 is 4.74 Å². The van der Waals surface area contributed by atoms with Gasteiger partial charge in [0.15, 0.2) is 0 Å². The average Bonchev–Trinajstić information content (AvgIpc) is 2.30. The molecule has 1 N–H and O–H groups in total. The van der Waals surface area contributed by atoms with Gasteiger partial charge in [-0.05, 0) is 50.1 Å². The number of nitrogens with one attached hydrogen (secondary N) is 1. The fraction of sp³-hybridized carbons (Fsp3) is 0.500. The van der Waals surface area contributed by atoms with Crippen molar-refractivity contribution in [3.63, 3.8) is 0 Å². The molecule has 0 aliphatic rings. The maximum Gasteiger partial charge on any atom is 0.119 e. The fourth-order valence-corrected chi connectivity index (χ4v) is 1.51. The van der Waals surface area contributed by atoms with E-state index in [-0.39, 0.29) is 0 Å². The van der Waals surface area contributed by atoms with E-state index in [0.29, 0.717) is 12.5 Å². The molecule has 0 saturated heterocycles. The molecule has 1 aromatic rings. The number of benzene rings is 1. The summed E-state index contributed by atoms with van der Waals surface area (Å²) in [6, 6.07) is 8.30. The highest BCUT2D eigenvalue weighted by molar-refractivity contribution is 5.27. The summed E-state index contributed by atoms with van der Waals surface area (Å²) in [7, 11) is 0. The summed E-state index contributed by atoms with van der Waals surface area (Å²) in [6.07, 6.45) is 2.08. The standard InChI is InChI=1S/C16H25NO/c1-13(2)9-10-18-16-7-5-15(6-8-16)12-17-11-14(3)4/h5-9,14,17H,10-12H2,1-4H3. The smallest absolute Gasteiger partial charge is 0.119 e. The zero-order valence-electron chi connectivity index (χ0n) is 12.0. The van der Waals surface area contributed by atoms with Gasteiger partial charge in [0.1, 0.15) is 12.4 Å². The minimum Gasteiger partial charge on any atom is -0.490 e. The molecule has 0 unspecified atom stereocenters. The van der Waals surface area contributed by atoms with Crippen LogP contribution in [0.15, 0.2) is 35.9 Å². The number of rotatable bonds is 7. The maximum absolute atomic E-state index is 5.62. The minimum atomic E-state index is 0.646. The molecular formula is C16H25NO. The van der Waals surface area contributed by atoms with Gasteiger partial charge in [-0.2, -0.15) is 0 Å². The molecule has 0 spiro atoms. The highest BCUT2D eigenvalue weighted by Gasteiger charge is 1.96. The first-order valence-electron chi connectivity index (χ1n) is 6.63. The van der Waals surface area contributed by atoms with Gasteiger partial charge in [-0.1, -0.05) is 31.6 Å². The third-order valence-electron chi connectivity index (χ3n) is 2.55. The highest BCUT2D eigenvalue weighted by Crippen LogP contribution is 2.12. The van der Waals surface area contributed by atoms with Gasteiger partial charge in [0, 0.05) is 6.54 Å². The minimum absolute atomic E-state index is 0.646. The van der Waals surface area contributed by atoms with Crippen molar-refractivity contribution >= 4 is 0 Å². The Hall–Kier alpha value is -1.28. The highest BCUT2D eigenvalue weighted by atomic mass is 16.5. The topological polar surface area (TPSA) is 21.3 Å². The number of hydrogen-bond donors (Lipinski definition) is 1. The first-order chi connectivity index (χ1) is 8.58. The van der Waals surface area contributed by atoms with Crippen LogP contribution >= 0.6 is 0 Å². The molecule has 0 bridgehead atoms. The van der Waals surface area contributed by atoms with Gasteiger partial charge < -0.3 is 10.1 Å². The lowest BCUT2D eigenvalue weighted by molar-refractivity contribution is 0.362. The van der Waals surface area contributed by atoms with Gasteiger partial charge >= 0.3 is 0 Å². The Morgan fingerprint density at radius 3 is 2.44 bits per heavy atom. The molecule has 1 rings (SSSR count). The van der Waals surface area contributed by atoms with Gasteiger partial charge in [0.25, 0.3) is 0 Å². The summed E-state index contributed by atoms with van der Waals surface area (Å²) in [5.41, 5.74) is 2.58. The fourth-order valence-electron chi connectivity index (χ4n) is 1.51. The van der Waals surface area contributed by atoms with E-state index in [9.17, 15) is 0 Å². The van der Waals surface area contributed by atoms with Crippen LogP contribution in [0.4, 0.5) is 0 Å². The molecule has 0 saturated carbocycles. The van der Waals surface area contributed by atoms with E-state index < -0.39 is 0 Å². The first kappa shape index (κ1) is 14.8. The average molecular weight is 247 g/mol. The second kappa shape index (κ2) is 7.93. The molecule has 0 atom stereocenters. The molecule has 0 aliphatic heterocycles. The van der Waals surface area contributed by atoms with Crippen molar-refractivity contribution in [1.29, 1.82) is 0 Å². The third kappa shape index (κ3) is 6.45. The van der Waals surface area contributed by atoms with Gasteiger partial charge in [-0.15, -0.1) is 0 Å². The molecule has 0 radical (unpaired) electrons. The maximum atomic E-state index is 5.62. The monoisotopic (exact) mass is 247 g/mol. The van der Waals surface area contributed by atoms with Crippen molar-refractivity contribution in [3.8, 4) is 5.75 Å². The Kier molecular flexibility index (Phi) is 6.51. The SMILES string of the molecule is CC(C)=CCOc1ccc(CNCC(C)C)cc1. The van der Waals surface area contributed by atoms with Gasteiger partial charge in [-0.25, -0.2) is 0 Å². The summed E-state index contributed by atoms with van der Waals surface area (Å²) in [4.78, 5) is 0. The van der Waals surface area contributed by atoms with Crippen LogP contribution in [0.2, 0.25) is 0 Å². The largest absolute Gasteiger partial charge is 0.490 e. The number of ether oxygens (including phenoxy) is 1. The van der Waals surface area contributed by atoms with Crippen LogP contribution in [0, 0.1) is 5.92 Å². The molecule has 0 heterocycles. The van der Waals surface area contributed by atoms with Crippen LogP contribution in [0.5, 0.6) is 5.75 Å². The molecule has 18 heavy (non-hydrogen) atoms. The van der Waals surface area contributed by atoms with E-state index in [1.165, 1.54) is 11.1 Å².